The molecule has 0 aliphatic heterocycles. The van der Waals surface area contributed by atoms with Crippen LogP contribution in [0, 0.1) is 0 Å². The minimum Gasteiger partial charge on any atom is -0.454 e. The van der Waals surface area contributed by atoms with Gasteiger partial charge in [-0.3, -0.25) is 0 Å². The molecule has 2 heteroatoms. The SMILES string of the molecule is CC1(C)c2ccc(N(c3ccc4c(c3)C3(c5ccccc5-c5ccccc53)c3ccccc3-4)c3cccc4c3oc3ccccc34)cc2-c2c(-c3ccccc3)cccc21. The second-order valence-corrected chi connectivity index (χ2v) is 17.2. The molecule has 0 fully saturated rings. The van der Waals surface area contributed by atoms with E-state index in [2.05, 4.69) is 219 Å². The van der Waals surface area contributed by atoms with Crippen molar-refractivity contribution in [3.8, 4) is 44.5 Å². The van der Waals surface area contributed by atoms with Gasteiger partial charge in [0.25, 0.3) is 0 Å². The zero-order valence-electron chi connectivity index (χ0n) is 33.4. The molecule has 1 spiro atoms. The number of anilines is 3. The van der Waals surface area contributed by atoms with Crippen molar-refractivity contribution in [3.63, 3.8) is 0 Å². The van der Waals surface area contributed by atoms with Crippen molar-refractivity contribution < 1.29 is 4.42 Å². The molecule has 0 saturated heterocycles. The zero-order valence-corrected chi connectivity index (χ0v) is 33.4. The molecule has 1 heterocycles. The minimum atomic E-state index is -0.461. The van der Waals surface area contributed by atoms with Gasteiger partial charge in [0.2, 0.25) is 0 Å². The van der Waals surface area contributed by atoms with E-state index in [4.69, 9.17) is 4.42 Å². The molecule has 0 bridgehead atoms. The third-order valence-electron chi connectivity index (χ3n) is 13.9. The number of nitrogens with zero attached hydrogens (tertiary/aromatic N) is 1. The van der Waals surface area contributed by atoms with Gasteiger partial charge in [-0.05, 0) is 114 Å². The van der Waals surface area contributed by atoms with E-state index in [-0.39, 0.29) is 5.41 Å². The molecular formula is C58H39NO. The van der Waals surface area contributed by atoms with Gasteiger partial charge in [0.1, 0.15) is 5.58 Å². The molecule has 0 radical (unpaired) electrons. The highest BCUT2D eigenvalue weighted by molar-refractivity contribution is 6.10. The van der Waals surface area contributed by atoms with E-state index in [0.29, 0.717) is 0 Å². The first-order chi connectivity index (χ1) is 29.5. The van der Waals surface area contributed by atoms with Crippen molar-refractivity contribution in [1.82, 2.24) is 0 Å². The monoisotopic (exact) mass is 765 g/mol. The van der Waals surface area contributed by atoms with Crippen LogP contribution in [0.2, 0.25) is 0 Å². The predicted octanol–water partition coefficient (Wildman–Crippen LogP) is 15.4. The molecule has 13 rings (SSSR count). The number of para-hydroxylation sites is 2. The number of rotatable bonds is 4. The Bertz CT molecular complexity index is 3360. The molecule has 60 heavy (non-hydrogen) atoms. The predicted molar refractivity (Wildman–Crippen MR) is 248 cm³/mol. The van der Waals surface area contributed by atoms with E-state index in [9.17, 15) is 0 Å². The number of furan rings is 1. The van der Waals surface area contributed by atoms with Crippen LogP contribution in [-0.4, -0.2) is 0 Å². The summed E-state index contributed by atoms with van der Waals surface area (Å²) >= 11 is 0. The summed E-state index contributed by atoms with van der Waals surface area (Å²) in [5, 5.41) is 2.23. The Kier molecular flexibility index (Phi) is 6.74. The van der Waals surface area contributed by atoms with Crippen LogP contribution in [0.3, 0.4) is 0 Å². The fraction of sp³-hybridized carbons (Fsp3) is 0.0690. The van der Waals surface area contributed by atoms with Crippen molar-refractivity contribution >= 4 is 39.0 Å². The van der Waals surface area contributed by atoms with Crippen LogP contribution in [0.25, 0.3) is 66.4 Å². The highest BCUT2D eigenvalue weighted by atomic mass is 16.3. The van der Waals surface area contributed by atoms with Crippen LogP contribution >= 0.6 is 0 Å². The summed E-state index contributed by atoms with van der Waals surface area (Å²) in [7, 11) is 0. The second-order valence-electron chi connectivity index (χ2n) is 17.2. The lowest BCUT2D eigenvalue weighted by Crippen LogP contribution is -2.26. The van der Waals surface area contributed by atoms with E-state index >= 15 is 0 Å². The highest BCUT2D eigenvalue weighted by Gasteiger charge is 2.51. The van der Waals surface area contributed by atoms with E-state index < -0.39 is 5.41 Å². The van der Waals surface area contributed by atoms with Gasteiger partial charge in [-0.1, -0.05) is 178 Å². The van der Waals surface area contributed by atoms with Crippen molar-refractivity contribution in [2.75, 3.05) is 4.90 Å². The topological polar surface area (TPSA) is 16.4 Å². The molecule has 3 aliphatic rings. The Morgan fingerprint density at radius 1 is 0.383 bits per heavy atom. The summed E-state index contributed by atoms with van der Waals surface area (Å²) in [4.78, 5) is 2.45. The van der Waals surface area contributed by atoms with Crippen LogP contribution in [-0.2, 0) is 10.8 Å². The van der Waals surface area contributed by atoms with Gasteiger partial charge in [-0.15, -0.1) is 0 Å². The average Bonchev–Trinajstić information content (AvgIpc) is 3.99. The quantitative estimate of drug-likeness (QED) is 0.177. The average molecular weight is 766 g/mol. The number of hydrogen-bond donors (Lipinski definition) is 0. The molecule has 0 amide bonds. The molecule has 0 unspecified atom stereocenters. The highest BCUT2D eigenvalue weighted by Crippen LogP contribution is 2.63. The first kappa shape index (κ1) is 33.5. The normalized spacial score (nSPS) is 14.4. The molecule has 282 valence electrons. The first-order valence-corrected chi connectivity index (χ1v) is 21.0. The molecule has 3 aliphatic carbocycles. The lowest BCUT2D eigenvalue weighted by Gasteiger charge is -2.32. The Morgan fingerprint density at radius 3 is 1.67 bits per heavy atom. The maximum absolute atomic E-state index is 6.85. The van der Waals surface area contributed by atoms with E-state index in [0.717, 1.165) is 39.0 Å². The second kappa shape index (κ2) is 12.1. The van der Waals surface area contributed by atoms with Crippen LogP contribution in [0.4, 0.5) is 17.1 Å². The third-order valence-corrected chi connectivity index (χ3v) is 13.9. The minimum absolute atomic E-state index is 0.160. The fourth-order valence-corrected chi connectivity index (χ4v) is 11.3. The van der Waals surface area contributed by atoms with Crippen molar-refractivity contribution in [3.05, 3.63) is 234 Å². The Balaban J connectivity index is 1.10. The van der Waals surface area contributed by atoms with E-state index in [1.807, 2.05) is 0 Å². The molecule has 2 nitrogen and oxygen atoms in total. The van der Waals surface area contributed by atoms with Gasteiger partial charge in [-0.2, -0.15) is 0 Å². The molecule has 9 aromatic carbocycles. The largest absolute Gasteiger partial charge is 0.454 e. The lowest BCUT2D eigenvalue weighted by molar-refractivity contribution is 0.660. The maximum atomic E-state index is 6.85. The maximum Gasteiger partial charge on any atom is 0.159 e. The summed E-state index contributed by atoms with van der Waals surface area (Å²) in [6, 6.07) is 74.1. The molecule has 10 aromatic rings. The molecule has 0 saturated carbocycles. The van der Waals surface area contributed by atoms with Crippen molar-refractivity contribution in [2.24, 2.45) is 0 Å². The van der Waals surface area contributed by atoms with Crippen molar-refractivity contribution in [1.29, 1.82) is 0 Å². The van der Waals surface area contributed by atoms with Gasteiger partial charge in [0, 0.05) is 27.6 Å². The van der Waals surface area contributed by atoms with Crippen LogP contribution in [0.5, 0.6) is 0 Å². The Hall–Kier alpha value is -7.42. The Morgan fingerprint density at radius 2 is 0.933 bits per heavy atom. The molecule has 0 N–H and O–H groups in total. The van der Waals surface area contributed by atoms with E-state index in [1.165, 1.54) is 77.9 Å². The smallest absolute Gasteiger partial charge is 0.159 e. The fourth-order valence-electron chi connectivity index (χ4n) is 11.3. The van der Waals surface area contributed by atoms with Crippen LogP contribution in [0.1, 0.15) is 47.2 Å². The van der Waals surface area contributed by atoms with Gasteiger partial charge >= 0.3 is 0 Å². The van der Waals surface area contributed by atoms with Gasteiger partial charge in [-0.25, -0.2) is 0 Å². The number of hydrogen-bond acceptors (Lipinski definition) is 2. The molecular weight excluding hydrogens is 727 g/mol. The molecule has 0 atom stereocenters. The summed E-state index contributed by atoms with van der Waals surface area (Å²) in [6.45, 7) is 4.74. The Labute approximate surface area is 349 Å². The third kappa shape index (κ3) is 4.27. The summed E-state index contributed by atoms with van der Waals surface area (Å²) in [6.07, 6.45) is 0. The van der Waals surface area contributed by atoms with Crippen LogP contribution in [0.15, 0.2) is 205 Å². The van der Waals surface area contributed by atoms with Gasteiger partial charge in [0.15, 0.2) is 5.58 Å². The summed E-state index contributed by atoms with van der Waals surface area (Å²) < 4.78 is 6.85. The zero-order chi connectivity index (χ0) is 39.7. The van der Waals surface area contributed by atoms with E-state index in [1.54, 1.807) is 0 Å². The van der Waals surface area contributed by atoms with Crippen LogP contribution < -0.4 is 4.90 Å². The van der Waals surface area contributed by atoms with Gasteiger partial charge < -0.3 is 9.32 Å². The summed E-state index contributed by atoms with van der Waals surface area (Å²) in [5.74, 6) is 0. The summed E-state index contributed by atoms with van der Waals surface area (Å²) in [5.41, 5.74) is 22.6. The number of benzene rings is 9. The molecule has 1 aromatic heterocycles. The first-order valence-electron chi connectivity index (χ1n) is 21.0. The lowest BCUT2D eigenvalue weighted by atomic mass is 9.70. The van der Waals surface area contributed by atoms with Gasteiger partial charge in [0.05, 0.1) is 11.1 Å². The number of fused-ring (bicyclic) bond motifs is 16. The standard InChI is InChI=1S/C58H39NO/c1-57(2)47-33-31-37(34-46(47)55-39(22-14-27-51(55)57)36-16-4-3-5-17-36)59(53-28-15-23-45-44-21-9-13-29-54(44)60-56(45)53)38-30-32-43-42-20-8-12-26-50(42)58(52(43)35-38)48-24-10-6-18-40(48)41-19-7-11-25-49(41)58/h3-35H,1-2H3. The van der Waals surface area contributed by atoms with Crippen molar-refractivity contribution in [2.45, 2.75) is 24.7 Å².